The molecule has 0 bridgehead atoms. The van der Waals surface area contributed by atoms with Gasteiger partial charge in [0, 0.05) is 19.1 Å². The fourth-order valence-electron chi connectivity index (χ4n) is 2.04. The van der Waals surface area contributed by atoms with Gasteiger partial charge >= 0.3 is 5.97 Å². The van der Waals surface area contributed by atoms with Crippen molar-refractivity contribution in [1.29, 1.82) is 0 Å². The summed E-state index contributed by atoms with van der Waals surface area (Å²) in [5, 5.41) is 11.8. The summed E-state index contributed by atoms with van der Waals surface area (Å²) < 4.78 is 5.58. The van der Waals surface area contributed by atoms with Crippen molar-refractivity contribution in [1.82, 2.24) is 10.2 Å². The number of carboxylic acids is 1. The minimum atomic E-state index is -0.795. The second-order valence-electron chi connectivity index (χ2n) is 4.34. The SMILES string of the molecule is CCC1COC(C)CN1CC(NC)C(=O)O. The molecule has 5 nitrogen and oxygen atoms in total. The summed E-state index contributed by atoms with van der Waals surface area (Å²) in [6.07, 6.45) is 1.18. The van der Waals surface area contributed by atoms with Crippen LogP contribution in [0.2, 0.25) is 0 Å². The third-order valence-corrected chi connectivity index (χ3v) is 3.12. The molecule has 2 N–H and O–H groups in total. The Morgan fingerprint density at radius 3 is 2.88 bits per heavy atom. The lowest BCUT2D eigenvalue weighted by Gasteiger charge is -2.39. The Hall–Kier alpha value is -0.650. The molecule has 0 aromatic heterocycles. The maximum Gasteiger partial charge on any atom is 0.322 e. The van der Waals surface area contributed by atoms with Gasteiger partial charge in [-0.2, -0.15) is 0 Å². The number of carboxylic acid groups (broad SMARTS) is 1. The lowest BCUT2D eigenvalue weighted by Crippen LogP contribution is -2.54. The van der Waals surface area contributed by atoms with Gasteiger partial charge in [0.15, 0.2) is 0 Å². The lowest BCUT2D eigenvalue weighted by atomic mass is 10.1. The first kappa shape index (κ1) is 13.4. The molecule has 0 spiro atoms. The zero-order valence-corrected chi connectivity index (χ0v) is 10.3. The van der Waals surface area contributed by atoms with Gasteiger partial charge in [-0.05, 0) is 20.4 Å². The maximum atomic E-state index is 11.0. The van der Waals surface area contributed by atoms with E-state index >= 15 is 0 Å². The van der Waals surface area contributed by atoms with Crippen LogP contribution in [0.3, 0.4) is 0 Å². The number of ether oxygens (including phenoxy) is 1. The van der Waals surface area contributed by atoms with Crippen molar-refractivity contribution in [2.24, 2.45) is 0 Å². The molecule has 1 saturated heterocycles. The molecular weight excluding hydrogens is 208 g/mol. The first-order chi connectivity index (χ1) is 7.58. The second-order valence-corrected chi connectivity index (χ2v) is 4.34. The number of morpholine rings is 1. The Morgan fingerprint density at radius 2 is 2.38 bits per heavy atom. The molecule has 3 unspecified atom stereocenters. The van der Waals surface area contributed by atoms with Gasteiger partial charge in [-0.1, -0.05) is 6.92 Å². The molecule has 0 aromatic carbocycles. The fraction of sp³-hybridized carbons (Fsp3) is 0.909. The monoisotopic (exact) mass is 230 g/mol. The average molecular weight is 230 g/mol. The molecule has 1 aliphatic rings. The number of nitrogens with zero attached hydrogens (tertiary/aromatic N) is 1. The van der Waals surface area contributed by atoms with Crippen LogP contribution in [0.25, 0.3) is 0 Å². The van der Waals surface area contributed by atoms with E-state index in [4.69, 9.17) is 9.84 Å². The van der Waals surface area contributed by atoms with Crippen molar-refractivity contribution < 1.29 is 14.6 Å². The Labute approximate surface area is 96.8 Å². The number of nitrogens with one attached hydrogen (secondary N) is 1. The molecule has 0 aromatic rings. The summed E-state index contributed by atoms with van der Waals surface area (Å²) in [7, 11) is 1.68. The van der Waals surface area contributed by atoms with Gasteiger partial charge in [0.25, 0.3) is 0 Å². The number of hydrogen-bond donors (Lipinski definition) is 2. The highest BCUT2D eigenvalue weighted by atomic mass is 16.5. The summed E-state index contributed by atoms with van der Waals surface area (Å²) in [5.74, 6) is -0.795. The zero-order chi connectivity index (χ0) is 12.1. The van der Waals surface area contributed by atoms with Gasteiger partial charge in [-0.25, -0.2) is 0 Å². The molecule has 1 heterocycles. The topological polar surface area (TPSA) is 61.8 Å². The van der Waals surface area contributed by atoms with E-state index in [0.717, 1.165) is 13.0 Å². The Bertz CT molecular complexity index is 235. The largest absolute Gasteiger partial charge is 0.480 e. The normalized spacial score (nSPS) is 28.9. The predicted molar refractivity (Wildman–Crippen MR) is 61.5 cm³/mol. The minimum absolute atomic E-state index is 0.189. The van der Waals surface area contributed by atoms with Gasteiger partial charge in [0.05, 0.1) is 12.7 Å². The van der Waals surface area contributed by atoms with E-state index in [2.05, 4.69) is 17.1 Å². The first-order valence-corrected chi connectivity index (χ1v) is 5.84. The van der Waals surface area contributed by atoms with Crippen LogP contribution in [0, 0.1) is 0 Å². The van der Waals surface area contributed by atoms with E-state index in [1.54, 1.807) is 7.05 Å². The maximum absolute atomic E-state index is 11.0. The fourth-order valence-corrected chi connectivity index (χ4v) is 2.04. The first-order valence-electron chi connectivity index (χ1n) is 5.84. The van der Waals surface area contributed by atoms with Crippen molar-refractivity contribution in [3.05, 3.63) is 0 Å². The standard InChI is InChI=1S/C11H22N2O3/c1-4-9-7-16-8(2)5-13(9)6-10(12-3)11(14)15/h8-10,12H,4-7H2,1-3H3,(H,14,15). The highest BCUT2D eigenvalue weighted by Crippen LogP contribution is 2.14. The van der Waals surface area contributed by atoms with Crippen molar-refractivity contribution in [3.8, 4) is 0 Å². The molecule has 1 rings (SSSR count). The number of hydrogen-bond acceptors (Lipinski definition) is 4. The minimum Gasteiger partial charge on any atom is -0.480 e. The molecule has 1 aliphatic heterocycles. The highest BCUT2D eigenvalue weighted by molar-refractivity contribution is 5.73. The zero-order valence-electron chi connectivity index (χ0n) is 10.3. The molecule has 16 heavy (non-hydrogen) atoms. The summed E-state index contributed by atoms with van der Waals surface area (Å²) in [4.78, 5) is 13.2. The summed E-state index contributed by atoms with van der Waals surface area (Å²) in [6, 6.07) is -0.161. The van der Waals surface area contributed by atoms with Crippen LogP contribution in [0.15, 0.2) is 0 Å². The van der Waals surface area contributed by atoms with Gasteiger partial charge in [-0.15, -0.1) is 0 Å². The van der Waals surface area contributed by atoms with Crippen LogP contribution in [0.1, 0.15) is 20.3 Å². The number of likely N-dealkylation sites (N-methyl/N-ethyl adjacent to an activating group) is 1. The van der Waals surface area contributed by atoms with Crippen LogP contribution in [-0.4, -0.2) is 60.9 Å². The summed E-state index contributed by atoms with van der Waals surface area (Å²) in [5.41, 5.74) is 0. The van der Waals surface area contributed by atoms with Gasteiger partial charge in [0.2, 0.25) is 0 Å². The third kappa shape index (κ3) is 3.43. The summed E-state index contributed by atoms with van der Waals surface area (Å²) >= 11 is 0. The van der Waals surface area contributed by atoms with Gasteiger partial charge < -0.3 is 15.2 Å². The van der Waals surface area contributed by atoms with Crippen molar-refractivity contribution in [2.75, 3.05) is 26.7 Å². The molecule has 5 heteroatoms. The van der Waals surface area contributed by atoms with Crippen molar-refractivity contribution in [3.63, 3.8) is 0 Å². The molecule has 94 valence electrons. The van der Waals surface area contributed by atoms with Crippen LogP contribution in [-0.2, 0) is 9.53 Å². The van der Waals surface area contributed by atoms with Gasteiger partial charge in [-0.3, -0.25) is 9.69 Å². The third-order valence-electron chi connectivity index (χ3n) is 3.12. The molecule has 1 fully saturated rings. The van der Waals surface area contributed by atoms with Crippen LogP contribution < -0.4 is 5.32 Å². The quantitative estimate of drug-likeness (QED) is 0.704. The van der Waals surface area contributed by atoms with E-state index in [0.29, 0.717) is 19.2 Å². The van der Waals surface area contributed by atoms with E-state index in [1.165, 1.54) is 0 Å². The van der Waals surface area contributed by atoms with Gasteiger partial charge in [0.1, 0.15) is 6.04 Å². The lowest BCUT2D eigenvalue weighted by molar-refractivity contribution is -0.141. The molecule has 0 aliphatic carbocycles. The average Bonchev–Trinajstić information content (AvgIpc) is 2.25. The van der Waals surface area contributed by atoms with Crippen molar-refractivity contribution in [2.45, 2.75) is 38.5 Å². The predicted octanol–water partition coefficient (Wildman–Crippen LogP) is 0.158. The van der Waals surface area contributed by atoms with E-state index in [9.17, 15) is 4.79 Å². The Kier molecular flexibility index (Phi) is 5.18. The number of aliphatic carboxylic acids is 1. The molecular formula is C11H22N2O3. The summed E-state index contributed by atoms with van der Waals surface area (Å²) in [6.45, 7) is 6.18. The molecule has 0 amide bonds. The van der Waals surface area contributed by atoms with E-state index in [1.807, 2.05) is 6.92 Å². The smallest absolute Gasteiger partial charge is 0.322 e. The number of rotatable bonds is 5. The van der Waals surface area contributed by atoms with Crippen LogP contribution >= 0.6 is 0 Å². The molecule has 0 saturated carbocycles. The van der Waals surface area contributed by atoms with E-state index in [-0.39, 0.29) is 6.10 Å². The van der Waals surface area contributed by atoms with E-state index < -0.39 is 12.0 Å². The second kappa shape index (κ2) is 6.18. The Balaban J connectivity index is 2.57. The molecule has 3 atom stereocenters. The Morgan fingerprint density at radius 1 is 1.69 bits per heavy atom. The number of carbonyl (C=O) groups is 1. The molecule has 0 radical (unpaired) electrons. The van der Waals surface area contributed by atoms with Crippen LogP contribution in [0.4, 0.5) is 0 Å². The van der Waals surface area contributed by atoms with Crippen molar-refractivity contribution >= 4 is 5.97 Å². The van der Waals surface area contributed by atoms with Crippen LogP contribution in [0.5, 0.6) is 0 Å². The highest BCUT2D eigenvalue weighted by Gasteiger charge is 2.29.